The Morgan fingerprint density at radius 3 is 2.38 bits per heavy atom. The number of thioether (sulfide) groups is 1. The van der Waals surface area contributed by atoms with E-state index in [0.717, 1.165) is 23.3 Å². The topological polar surface area (TPSA) is 46.6 Å². The molecule has 116 valence electrons. The Labute approximate surface area is 130 Å². The number of aryl methyl sites for hydroxylation is 2. The number of nitrogens with zero attached hydrogens (tertiary/aromatic N) is 1. The second-order valence-corrected chi connectivity index (χ2v) is 9.58. The molecule has 4 nitrogen and oxygen atoms in total. The predicted octanol–water partition coefficient (Wildman–Crippen LogP) is 2.20. The first-order chi connectivity index (χ1) is 9.84. The number of hydrogen-bond donors (Lipinski definition) is 0. The maximum Gasteiger partial charge on any atom is 0.243 e. The molecule has 0 unspecified atom stereocenters. The average Bonchev–Trinajstić information content (AvgIpc) is 2.80. The summed E-state index contributed by atoms with van der Waals surface area (Å²) in [6, 6.07) is 5.51. The second kappa shape index (κ2) is 5.26. The third-order valence-corrected chi connectivity index (χ3v) is 7.62. The molecule has 1 atom stereocenters. The van der Waals surface area contributed by atoms with Gasteiger partial charge in [0, 0.05) is 30.7 Å². The fourth-order valence-electron chi connectivity index (χ4n) is 3.17. The molecule has 0 aromatic heterocycles. The minimum atomic E-state index is -3.36. The van der Waals surface area contributed by atoms with Gasteiger partial charge in [-0.1, -0.05) is 6.07 Å². The van der Waals surface area contributed by atoms with Crippen molar-refractivity contribution < 1.29 is 13.2 Å². The van der Waals surface area contributed by atoms with E-state index in [1.165, 1.54) is 0 Å². The van der Waals surface area contributed by atoms with E-state index in [2.05, 4.69) is 0 Å². The Morgan fingerprint density at radius 1 is 1.24 bits per heavy atom. The van der Waals surface area contributed by atoms with Gasteiger partial charge in [-0.2, -0.15) is 4.31 Å². The van der Waals surface area contributed by atoms with Crippen LogP contribution in [0.15, 0.2) is 23.1 Å². The van der Waals surface area contributed by atoms with E-state index in [1.54, 1.807) is 23.5 Å². The molecule has 3 rings (SSSR count). The van der Waals surface area contributed by atoms with E-state index < -0.39 is 10.0 Å². The Kier molecular flexibility index (Phi) is 3.84. The molecule has 2 aliphatic heterocycles. The number of ether oxygens (including phenoxy) is 1. The van der Waals surface area contributed by atoms with Gasteiger partial charge >= 0.3 is 0 Å². The highest BCUT2D eigenvalue weighted by Gasteiger charge is 2.53. The van der Waals surface area contributed by atoms with Crippen LogP contribution in [0, 0.1) is 13.8 Å². The first-order valence-corrected chi connectivity index (χ1v) is 9.52. The van der Waals surface area contributed by atoms with Crippen molar-refractivity contribution in [1.82, 2.24) is 4.31 Å². The highest BCUT2D eigenvalue weighted by atomic mass is 32.2. The lowest BCUT2D eigenvalue weighted by Crippen LogP contribution is -2.60. The molecule has 0 saturated carbocycles. The van der Waals surface area contributed by atoms with Crippen molar-refractivity contribution in [3.63, 3.8) is 0 Å². The predicted molar refractivity (Wildman–Crippen MR) is 85.3 cm³/mol. The number of benzene rings is 1. The lowest BCUT2D eigenvalue weighted by Gasteiger charge is -2.46. The maximum atomic E-state index is 12.7. The normalized spacial score (nSPS) is 25.2. The molecule has 2 aliphatic rings. The van der Waals surface area contributed by atoms with Gasteiger partial charge in [-0.15, -0.1) is 11.8 Å². The number of hydrogen-bond acceptors (Lipinski definition) is 4. The molecule has 0 aliphatic carbocycles. The van der Waals surface area contributed by atoms with Crippen molar-refractivity contribution in [1.29, 1.82) is 0 Å². The first kappa shape index (κ1) is 15.3. The van der Waals surface area contributed by atoms with Crippen molar-refractivity contribution in [2.75, 3.05) is 26.0 Å². The first-order valence-electron chi connectivity index (χ1n) is 7.10. The third-order valence-electron chi connectivity index (χ3n) is 4.27. The van der Waals surface area contributed by atoms with Crippen LogP contribution in [0.5, 0.6) is 0 Å². The van der Waals surface area contributed by atoms with Gasteiger partial charge in [0.25, 0.3) is 0 Å². The zero-order valence-corrected chi connectivity index (χ0v) is 14.3. The third kappa shape index (κ3) is 2.74. The molecular weight excluding hydrogens is 306 g/mol. The van der Waals surface area contributed by atoms with Crippen LogP contribution < -0.4 is 0 Å². The standard InChI is InChI=1S/C15H21NO3S2/c1-11-4-12(2)6-14(5-11)21(17,18)16-9-15(10-16)7-13(19-3)8-20-15/h4-6,13H,7-10H2,1-3H3/t13-/m1/s1. The van der Waals surface area contributed by atoms with E-state index in [0.29, 0.717) is 18.0 Å². The van der Waals surface area contributed by atoms with Crippen LogP contribution >= 0.6 is 11.8 Å². The molecular formula is C15H21NO3S2. The minimum absolute atomic E-state index is 0.0760. The van der Waals surface area contributed by atoms with Crippen LogP contribution in [-0.2, 0) is 14.8 Å². The van der Waals surface area contributed by atoms with E-state index in [9.17, 15) is 8.42 Å². The van der Waals surface area contributed by atoms with E-state index >= 15 is 0 Å². The summed E-state index contributed by atoms with van der Waals surface area (Å²) in [6.45, 7) is 5.07. The van der Waals surface area contributed by atoms with Gasteiger partial charge in [-0.25, -0.2) is 8.42 Å². The smallest absolute Gasteiger partial charge is 0.243 e. The number of rotatable bonds is 3. The Hall–Kier alpha value is -0.560. The van der Waals surface area contributed by atoms with Gasteiger partial charge in [0.1, 0.15) is 0 Å². The Balaban J connectivity index is 1.76. The van der Waals surface area contributed by atoms with Crippen molar-refractivity contribution in [2.45, 2.75) is 36.0 Å². The maximum absolute atomic E-state index is 12.7. The van der Waals surface area contributed by atoms with Crippen LogP contribution in [0.4, 0.5) is 0 Å². The summed E-state index contributed by atoms with van der Waals surface area (Å²) in [5.41, 5.74) is 1.97. The summed E-state index contributed by atoms with van der Waals surface area (Å²) < 4.78 is 32.5. The number of sulfonamides is 1. The van der Waals surface area contributed by atoms with Crippen molar-refractivity contribution >= 4 is 21.8 Å². The van der Waals surface area contributed by atoms with Crippen LogP contribution in [0.3, 0.4) is 0 Å². The highest BCUT2D eigenvalue weighted by molar-refractivity contribution is 8.01. The Morgan fingerprint density at radius 2 is 1.86 bits per heavy atom. The van der Waals surface area contributed by atoms with Gasteiger partial charge in [0.05, 0.1) is 11.0 Å². The molecule has 0 N–H and O–H groups in total. The molecule has 0 radical (unpaired) electrons. The summed E-state index contributed by atoms with van der Waals surface area (Å²) in [7, 11) is -1.63. The summed E-state index contributed by atoms with van der Waals surface area (Å²) in [6.07, 6.45) is 1.22. The molecule has 1 aromatic rings. The lowest BCUT2D eigenvalue weighted by atomic mass is 9.96. The fraction of sp³-hybridized carbons (Fsp3) is 0.600. The quantitative estimate of drug-likeness (QED) is 0.854. The molecule has 21 heavy (non-hydrogen) atoms. The lowest BCUT2D eigenvalue weighted by molar-refractivity contribution is 0.0931. The highest BCUT2D eigenvalue weighted by Crippen LogP contribution is 2.47. The van der Waals surface area contributed by atoms with Crippen molar-refractivity contribution in [3.05, 3.63) is 29.3 Å². The second-order valence-electron chi connectivity index (χ2n) is 6.15. The van der Waals surface area contributed by atoms with Crippen molar-refractivity contribution in [2.24, 2.45) is 0 Å². The zero-order chi connectivity index (χ0) is 15.3. The van der Waals surface area contributed by atoms with Gasteiger partial charge in [0.2, 0.25) is 10.0 Å². The summed E-state index contributed by atoms with van der Waals surface area (Å²) in [5, 5.41) is 0. The SMILES string of the molecule is CO[C@H]1CSC2(C1)CN(S(=O)(=O)c1cc(C)cc(C)c1)C2. The Bertz CT molecular complexity index is 631. The molecule has 1 spiro atoms. The van der Waals surface area contributed by atoms with E-state index in [4.69, 9.17) is 4.74 Å². The summed E-state index contributed by atoms with van der Waals surface area (Å²) >= 11 is 1.85. The minimum Gasteiger partial charge on any atom is -0.381 e. The molecule has 6 heteroatoms. The molecule has 2 saturated heterocycles. The molecule has 2 fully saturated rings. The summed E-state index contributed by atoms with van der Waals surface area (Å²) in [5.74, 6) is 0.966. The molecule has 2 heterocycles. The average molecular weight is 327 g/mol. The zero-order valence-electron chi connectivity index (χ0n) is 12.6. The molecule has 0 bridgehead atoms. The van der Waals surface area contributed by atoms with Crippen LogP contribution in [0.2, 0.25) is 0 Å². The molecule has 0 amide bonds. The van der Waals surface area contributed by atoms with Gasteiger partial charge in [-0.05, 0) is 43.5 Å². The summed E-state index contributed by atoms with van der Waals surface area (Å²) in [4.78, 5) is 0.418. The van der Waals surface area contributed by atoms with Crippen LogP contribution in [0.25, 0.3) is 0 Å². The van der Waals surface area contributed by atoms with Gasteiger partial charge < -0.3 is 4.74 Å². The molecule has 1 aromatic carbocycles. The van der Waals surface area contributed by atoms with Crippen LogP contribution in [-0.4, -0.2) is 49.5 Å². The van der Waals surface area contributed by atoms with Gasteiger partial charge in [-0.3, -0.25) is 0 Å². The largest absolute Gasteiger partial charge is 0.381 e. The monoisotopic (exact) mass is 327 g/mol. The van der Waals surface area contributed by atoms with E-state index in [-0.39, 0.29) is 10.9 Å². The van der Waals surface area contributed by atoms with Crippen LogP contribution in [0.1, 0.15) is 17.5 Å². The number of methoxy groups -OCH3 is 1. The van der Waals surface area contributed by atoms with Crippen molar-refractivity contribution in [3.8, 4) is 0 Å². The van der Waals surface area contributed by atoms with Gasteiger partial charge in [0.15, 0.2) is 0 Å². The fourth-order valence-corrected chi connectivity index (χ4v) is 6.73. The van der Waals surface area contributed by atoms with E-state index in [1.807, 2.05) is 31.7 Å².